The Balaban J connectivity index is 1.39. The fourth-order valence-electron chi connectivity index (χ4n) is 6.22. The van der Waals surface area contributed by atoms with Crippen molar-refractivity contribution in [3.63, 3.8) is 0 Å². The second-order valence-corrected chi connectivity index (χ2v) is 11.5. The molecular formula is C30H33F4N5O3. The van der Waals surface area contributed by atoms with Gasteiger partial charge < -0.3 is 18.9 Å². The van der Waals surface area contributed by atoms with Crippen LogP contribution in [0.1, 0.15) is 64.7 Å². The molecule has 0 saturated carbocycles. The minimum Gasteiger partial charge on any atom is -0.494 e. The molecule has 1 aromatic heterocycles. The lowest BCUT2D eigenvalue weighted by Crippen LogP contribution is -2.49. The fraction of sp³-hybridized carbons (Fsp3) is 0.500. The number of alkyl halides is 4. The van der Waals surface area contributed by atoms with Crippen molar-refractivity contribution >= 4 is 11.6 Å². The number of hydrogen-bond acceptors (Lipinski definition) is 6. The molecule has 42 heavy (non-hydrogen) atoms. The van der Waals surface area contributed by atoms with Gasteiger partial charge in [0.25, 0.3) is 5.91 Å². The highest BCUT2D eigenvalue weighted by Gasteiger charge is 2.44. The van der Waals surface area contributed by atoms with Crippen LogP contribution in [-0.2, 0) is 36.3 Å². The first-order valence-corrected chi connectivity index (χ1v) is 14.1. The van der Waals surface area contributed by atoms with E-state index in [1.165, 1.54) is 4.90 Å². The predicted molar refractivity (Wildman–Crippen MR) is 146 cm³/mol. The first-order chi connectivity index (χ1) is 20.0. The maximum Gasteiger partial charge on any atom is 0.416 e. The number of rotatable bonds is 8. The topological polar surface area (TPSA) is 72.7 Å². The van der Waals surface area contributed by atoms with Crippen molar-refractivity contribution in [3.05, 3.63) is 70.3 Å². The highest BCUT2D eigenvalue weighted by Crippen LogP contribution is 2.44. The number of aromatic nitrogens is 3. The Labute approximate surface area is 241 Å². The van der Waals surface area contributed by atoms with Crippen LogP contribution in [0.3, 0.4) is 0 Å². The summed E-state index contributed by atoms with van der Waals surface area (Å²) in [4.78, 5) is 17.0. The lowest BCUT2D eigenvalue weighted by Gasteiger charge is -2.42. The molecule has 0 aliphatic carbocycles. The van der Waals surface area contributed by atoms with E-state index in [9.17, 15) is 22.4 Å². The molecule has 1 amide bonds. The Bertz CT molecular complexity index is 1500. The average molecular weight is 588 g/mol. The number of ether oxygens (including phenoxy) is 2. The maximum atomic E-state index is 14.4. The normalized spacial score (nSPS) is 21.0. The van der Waals surface area contributed by atoms with Crippen molar-refractivity contribution in [2.75, 3.05) is 37.8 Å². The van der Waals surface area contributed by atoms with Gasteiger partial charge in [-0.05, 0) is 61.2 Å². The van der Waals surface area contributed by atoms with Gasteiger partial charge >= 0.3 is 6.18 Å². The van der Waals surface area contributed by atoms with E-state index in [1.807, 2.05) is 35.6 Å². The van der Waals surface area contributed by atoms with E-state index >= 15 is 0 Å². The summed E-state index contributed by atoms with van der Waals surface area (Å²) in [5, 5.41) is 8.20. The Morgan fingerprint density at radius 2 is 1.98 bits per heavy atom. The van der Waals surface area contributed by atoms with E-state index in [2.05, 4.69) is 10.2 Å². The third kappa shape index (κ3) is 5.04. The van der Waals surface area contributed by atoms with Crippen LogP contribution >= 0.6 is 0 Å². The van der Waals surface area contributed by atoms with Crippen LogP contribution in [-0.4, -0.2) is 64.7 Å². The zero-order chi connectivity index (χ0) is 29.8. The summed E-state index contributed by atoms with van der Waals surface area (Å²) in [6.45, 7) is 5.19. The van der Waals surface area contributed by atoms with Crippen LogP contribution < -0.4 is 9.64 Å². The minimum atomic E-state index is -4.66. The third-order valence-corrected chi connectivity index (χ3v) is 8.75. The summed E-state index contributed by atoms with van der Waals surface area (Å²) in [6, 6.07) is 7.63. The molecule has 3 aliphatic heterocycles. The van der Waals surface area contributed by atoms with Crippen LogP contribution in [0.25, 0.3) is 0 Å². The van der Waals surface area contributed by atoms with Gasteiger partial charge in [0.1, 0.15) is 24.1 Å². The van der Waals surface area contributed by atoms with Crippen LogP contribution in [0.5, 0.6) is 5.75 Å². The number of anilines is 1. The van der Waals surface area contributed by atoms with E-state index in [0.717, 1.165) is 17.5 Å². The highest BCUT2D eigenvalue weighted by molar-refractivity contribution is 6.10. The van der Waals surface area contributed by atoms with Crippen molar-refractivity contribution in [3.8, 4) is 5.75 Å². The van der Waals surface area contributed by atoms with Crippen molar-refractivity contribution in [2.24, 2.45) is 7.05 Å². The molecule has 0 N–H and O–H groups in total. The zero-order valence-electron chi connectivity index (χ0n) is 23.7. The van der Waals surface area contributed by atoms with E-state index in [-0.39, 0.29) is 24.2 Å². The number of aryl methyl sites for hydroxylation is 1. The Morgan fingerprint density at radius 3 is 2.57 bits per heavy atom. The second kappa shape index (κ2) is 10.6. The number of benzene rings is 2. The number of likely N-dealkylation sites (tertiary alicyclic amines) is 1. The molecule has 3 aromatic rings. The Morgan fingerprint density at radius 1 is 1.19 bits per heavy atom. The lowest BCUT2D eigenvalue weighted by atomic mass is 9.75. The number of carbonyl (C=O) groups excluding carboxylic acids is 1. The number of nitrogens with zero attached hydrogens (tertiary/aromatic N) is 5. The molecule has 8 nitrogen and oxygen atoms in total. The van der Waals surface area contributed by atoms with Gasteiger partial charge in [0, 0.05) is 55.3 Å². The van der Waals surface area contributed by atoms with Gasteiger partial charge in [-0.25, -0.2) is 4.39 Å². The molecule has 2 atom stereocenters. The van der Waals surface area contributed by atoms with Gasteiger partial charge in [-0.2, -0.15) is 13.2 Å². The first-order valence-electron chi connectivity index (χ1n) is 14.1. The van der Waals surface area contributed by atoms with Crippen molar-refractivity contribution in [2.45, 2.75) is 57.0 Å². The van der Waals surface area contributed by atoms with Crippen molar-refractivity contribution in [1.82, 2.24) is 19.7 Å². The average Bonchev–Trinajstić information content (AvgIpc) is 3.63. The Kier molecular flexibility index (Phi) is 7.25. The van der Waals surface area contributed by atoms with Gasteiger partial charge in [0.15, 0.2) is 0 Å². The molecule has 0 spiro atoms. The molecule has 3 aliphatic rings. The molecule has 4 heterocycles. The van der Waals surface area contributed by atoms with Crippen LogP contribution in [0.2, 0.25) is 0 Å². The minimum absolute atomic E-state index is 0.0202. The SMILES string of the molecule is CCOc1cc(N2Cc3c(cc([C@H](C)N4CC[C@H](F)C4)cc3C(F)(F)F)C2=O)cc(C2(Cc3nncn3C)COC2)c1. The number of fused-ring (bicyclic) bond motifs is 1. The lowest BCUT2D eigenvalue weighted by molar-refractivity contribution is -0.138. The molecule has 0 unspecified atom stereocenters. The quantitative estimate of drug-likeness (QED) is 0.345. The largest absolute Gasteiger partial charge is 0.494 e. The number of amides is 1. The van der Waals surface area contributed by atoms with Gasteiger partial charge in [0.05, 0.1) is 31.9 Å². The zero-order valence-corrected chi connectivity index (χ0v) is 23.7. The van der Waals surface area contributed by atoms with E-state index in [0.29, 0.717) is 56.2 Å². The van der Waals surface area contributed by atoms with Crippen molar-refractivity contribution in [1.29, 1.82) is 0 Å². The molecule has 0 bridgehead atoms. The predicted octanol–water partition coefficient (Wildman–Crippen LogP) is 5.01. The maximum absolute atomic E-state index is 14.4. The van der Waals surface area contributed by atoms with Crippen LogP contribution in [0.15, 0.2) is 36.7 Å². The molecule has 0 radical (unpaired) electrons. The smallest absolute Gasteiger partial charge is 0.416 e. The third-order valence-electron chi connectivity index (χ3n) is 8.75. The van der Waals surface area contributed by atoms with E-state index < -0.39 is 35.3 Å². The molecule has 2 saturated heterocycles. The van der Waals surface area contributed by atoms with Gasteiger partial charge in [-0.3, -0.25) is 9.69 Å². The second-order valence-electron chi connectivity index (χ2n) is 11.5. The van der Waals surface area contributed by atoms with E-state index in [1.54, 1.807) is 25.4 Å². The fourth-order valence-corrected chi connectivity index (χ4v) is 6.22. The molecular weight excluding hydrogens is 554 g/mol. The monoisotopic (exact) mass is 587 g/mol. The number of hydrogen-bond donors (Lipinski definition) is 0. The molecule has 6 rings (SSSR count). The van der Waals surface area contributed by atoms with E-state index in [4.69, 9.17) is 9.47 Å². The summed E-state index contributed by atoms with van der Waals surface area (Å²) >= 11 is 0. The molecule has 2 aromatic carbocycles. The standard InChI is InChI=1S/C30H33F4N5O3/c1-4-42-23-10-20(29(15-41-16-29)12-27-36-35-17-37(27)3)9-22(11-23)39-14-25-24(28(39)40)7-19(8-26(25)30(32,33)34)18(2)38-6-5-21(31)13-38/h7-11,17-18,21H,4-6,12-16H2,1-3H3/t18-,21-/m0/s1. The molecule has 12 heteroatoms. The van der Waals surface area contributed by atoms with Gasteiger partial charge in [-0.15, -0.1) is 10.2 Å². The van der Waals surface area contributed by atoms with Gasteiger partial charge in [0.2, 0.25) is 0 Å². The Hall–Kier alpha value is -3.51. The van der Waals surface area contributed by atoms with Crippen LogP contribution in [0.4, 0.5) is 23.2 Å². The highest BCUT2D eigenvalue weighted by atomic mass is 19.4. The summed E-state index contributed by atoms with van der Waals surface area (Å²) in [5.41, 5.74) is 0.321. The summed E-state index contributed by atoms with van der Waals surface area (Å²) in [7, 11) is 1.86. The first kappa shape index (κ1) is 28.6. The summed E-state index contributed by atoms with van der Waals surface area (Å²) in [6.07, 6.45) is -3.17. The number of halogens is 4. The molecule has 2 fully saturated rings. The number of carbonyl (C=O) groups is 1. The summed E-state index contributed by atoms with van der Waals surface area (Å²) in [5.74, 6) is 0.763. The molecule has 224 valence electrons. The van der Waals surface area contributed by atoms with Crippen LogP contribution in [0, 0.1) is 0 Å². The van der Waals surface area contributed by atoms with Gasteiger partial charge in [-0.1, -0.05) is 0 Å². The van der Waals surface area contributed by atoms with Crippen molar-refractivity contribution < 1.29 is 31.8 Å². The summed E-state index contributed by atoms with van der Waals surface area (Å²) < 4.78 is 70.3.